The standard InChI is InChI=1S/C51H44N2/c1-34-27-39-28-40-32-51(31-34,33-48(39)40)41-20-25-43(26-21-41)52(45-24-19-35-9-2-3-10-37(35)30-45)42-22-17-36(18-23-42)38-11-8-12-44(29-38)53-49-15-6-4-13-46(49)47-14-5-7-16-50(47)53/h2-26,29-30,34,39-40,48H,27-28,31-33H2,1H3/t34-,39?,40-,48?,51?/m0/s1. The van der Waals surface area contributed by atoms with Gasteiger partial charge in [-0.15, -0.1) is 0 Å². The van der Waals surface area contributed by atoms with E-state index in [9.17, 15) is 0 Å². The largest absolute Gasteiger partial charge is 0.310 e. The molecule has 0 amide bonds. The molecular formula is C51H44N2. The van der Waals surface area contributed by atoms with Crippen LogP contribution in [0.3, 0.4) is 0 Å². The van der Waals surface area contributed by atoms with Crippen LogP contribution >= 0.6 is 0 Å². The van der Waals surface area contributed by atoms with Gasteiger partial charge >= 0.3 is 0 Å². The Morgan fingerprint density at radius 3 is 1.92 bits per heavy atom. The third-order valence-electron chi connectivity index (χ3n) is 13.4. The molecule has 0 aliphatic heterocycles. The first-order chi connectivity index (χ1) is 26.1. The van der Waals surface area contributed by atoms with Crippen molar-refractivity contribution in [2.75, 3.05) is 4.90 Å². The lowest BCUT2D eigenvalue weighted by atomic mass is 9.63. The number of fused-ring (bicyclic) bond motifs is 5. The molecule has 2 nitrogen and oxygen atoms in total. The average molecular weight is 685 g/mol. The summed E-state index contributed by atoms with van der Waals surface area (Å²) in [7, 11) is 0. The van der Waals surface area contributed by atoms with Crippen molar-refractivity contribution in [2.45, 2.75) is 44.4 Å². The van der Waals surface area contributed by atoms with E-state index in [-0.39, 0.29) is 0 Å². The smallest absolute Gasteiger partial charge is 0.0541 e. The highest BCUT2D eigenvalue weighted by atomic mass is 15.1. The van der Waals surface area contributed by atoms with E-state index < -0.39 is 0 Å². The number of para-hydroxylation sites is 2. The Kier molecular flexibility index (Phi) is 6.99. The third kappa shape index (κ3) is 4.99. The van der Waals surface area contributed by atoms with Gasteiger partial charge < -0.3 is 9.47 Å². The van der Waals surface area contributed by atoms with E-state index in [1.807, 2.05) is 0 Å². The SMILES string of the molecule is C[C@H]1CC2C[C@H]3CC(c4ccc(N(c5ccc(-c6cccc(-n7c8ccccc8c8ccccc87)c6)cc5)c5ccc6ccccc6c5)cc4)(CC23)C1. The molecule has 0 spiro atoms. The normalized spacial score (nSPS) is 23.3. The molecular weight excluding hydrogens is 641 g/mol. The van der Waals surface area contributed by atoms with Gasteiger partial charge in [0.25, 0.3) is 0 Å². The minimum atomic E-state index is 0.363. The van der Waals surface area contributed by atoms with E-state index in [1.165, 1.54) is 98.6 Å². The lowest BCUT2D eigenvalue weighted by Gasteiger charge is -2.42. The number of nitrogens with zero attached hydrogens (tertiary/aromatic N) is 2. The molecule has 0 N–H and O–H groups in total. The van der Waals surface area contributed by atoms with E-state index >= 15 is 0 Å². The molecule has 11 rings (SSSR count). The summed E-state index contributed by atoms with van der Waals surface area (Å²) in [6.07, 6.45) is 7.07. The first-order valence-electron chi connectivity index (χ1n) is 19.7. The first-order valence-corrected chi connectivity index (χ1v) is 19.7. The van der Waals surface area contributed by atoms with Crippen LogP contribution in [0, 0.1) is 23.7 Å². The van der Waals surface area contributed by atoms with Crippen molar-refractivity contribution in [3.8, 4) is 16.8 Å². The van der Waals surface area contributed by atoms with E-state index in [0.717, 1.165) is 23.7 Å². The fraction of sp³-hybridized carbons (Fsp3) is 0.216. The second-order valence-corrected chi connectivity index (χ2v) is 16.5. The molecule has 2 heteroatoms. The van der Waals surface area contributed by atoms with E-state index in [4.69, 9.17) is 0 Å². The van der Waals surface area contributed by atoms with Crippen LogP contribution in [0.15, 0.2) is 164 Å². The number of aromatic nitrogens is 1. The zero-order valence-corrected chi connectivity index (χ0v) is 30.3. The van der Waals surface area contributed by atoms with Crippen molar-refractivity contribution < 1.29 is 0 Å². The van der Waals surface area contributed by atoms with Crippen molar-refractivity contribution in [3.05, 3.63) is 169 Å². The summed E-state index contributed by atoms with van der Waals surface area (Å²) in [5, 5.41) is 5.09. The van der Waals surface area contributed by atoms with Gasteiger partial charge in [-0.3, -0.25) is 0 Å². The minimum absolute atomic E-state index is 0.363. The van der Waals surface area contributed by atoms with Gasteiger partial charge in [0.1, 0.15) is 0 Å². The predicted molar refractivity (Wildman–Crippen MR) is 223 cm³/mol. The number of anilines is 3. The summed E-state index contributed by atoms with van der Waals surface area (Å²) in [6, 6.07) is 61.0. The molecule has 0 saturated heterocycles. The zero-order chi connectivity index (χ0) is 35.1. The van der Waals surface area contributed by atoms with Crippen LogP contribution in [-0.4, -0.2) is 4.57 Å². The van der Waals surface area contributed by atoms with Gasteiger partial charge in [0.05, 0.1) is 11.0 Å². The number of hydrogen-bond acceptors (Lipinski definition) is 1. The number of benzene rings is 7. The van der Waals surface area contributed by atoms with Crippen LogP contribution in [0.2, 0.25) is 0 Å². The van der Waals surface area contributed by atoms with Crippen LogP contribution < -0.4 is 4.90 Å². The Bertz CT molecular complexity index is 2590. The molecule has 258 valence electrons. The Labute approximate surface area is 312 Å². The maximum Gasteiger partial charge on any atom is 0.0541 e. The maximum absolute atomic E-state index is 2.51. The Morgan fingerprint density at radius 2 is 1.17 bits per heavy atom. The predicted octanol–water partition coefficient (Wildman–Crippen LogP) is 13.8. The van der Waals surface area contributed by atoms with Gasteiger partial charge in [-0.2, -0.15) is 0 Å². The molecule has 8 aromatic rings. The van der Waals surface area contributed by atoms with Gasteiger partial charge in [-0.25, -0.2) is 0 Å². The molecule has 1 heterocycles. The number of hydrogen-bond donors (Lipinski definition) is 0. The lowest BCUT2D eigenvalue weighted by Crippen LogP contribution is -2.34. The van der Waals surface area contributed by atoms with E-state index in [1.54, 1.807) is 5.56 Å². The zero-order valence-electron chi connectivity index (χ0n) is 30.3. The molecule has 2 bridgehead atoms. The highest BCUT2D eigenvalue weighted by Gasteiger charge is 2.57. The second kappa shape index (κ2) is 12.0. The van der Waals surface area contributed by atoms with Crippen molar-refractivity contribution in [1.29, 1.82) is 0 Å². The van der Waals surface area contributed by atoms with Crippen LogP contribution in [-0.2, 0) is 5.41 Å². The summed E-state index contributed by atoms with van der Waals surface area (Å²) >= 11 is 0. The maximum atomic E-state index is 2.51. The third-order valence-corrected chi connectivity index (χ3v) is 13.4. The number of rotatable bonds is 6. The quantitative estimate of drug-likeness (QED) is 0.169. The van der Waals surface area contributed by atoms with E-state index in [2.05, 4.69) is 180 Å². The molecule has 3 saturated carbocycles. The van der Waals surface area contributed by atoms with Crippen molar-refractivity contribution in [1.82, 2.24) is 4.57 Å². The van der Waals surface area contributed by atoms with Gasteiger partial charge in [-0.05, 0) is 149 Å². The van der Waals surface area contributed by atoms with Crippen molar-refractivity contribution in [3.63, 3.8) is 0 Å². The van der Waals surface area contributed by atoms with Crippen LogP contribution in [0.25, 0.3) is 49.4 Å². The van der Waals surface area contributed by atoms with Crippen LogP contribution in [0.4, 0.5) is 17.1 Å². The summed E-state index contributed by atoms with van der Waals surface area (Å²) in [6.45, 7) is 2.51. The molecule has 0 radical (unpaired) electrons. The second-order valence-electron chi connectivity index (χ2n) is 16.5. The van der Waals surface area contributed by atoms with Crippen LogP contribution in [0.1, 0.15) is 44.6 Å². The molecule has 5 atom stereocenters. The van der Waals surface area contributed by atoms with Crippen molar-refractivity contribution >= 4 is 49.6 Å². The molecule has 3 fully saturated rings. The highest BCUT2D eigenvalue weighted by Crippen LogP contribution is 2.65. The molecule has 1 aromatic heterocycles. The monoisotopic (exact) mass is 684 g/mol. The van der Waals surface area contributed by atoms with Crippen LogP contribution in [0.5, 0.6) is 0 Å². The molecule has 3 unspecified atom stereocenters. The van der Waals surface area contributed by atoms with E-state index in [0.29, 0.717) is 5.41 Å². The summed E-state index contributed by atoms with van der Waals surface area (Å²) < 4.78 is 2.40. The minimum Gasteiger partial charge on any atom is -0.310 e. The molecule has 53 heavy (non-hydrogen) atoms. The molecule has 7 aromatic carbocycles. The van der Waals surface area contributed by atoms with Crippen molar-refractivity contribution in [2.24, 2.45) is 23.7 Å². The molecule has 3 aliphatic rings. The van der Waals surface area contributed by atoms with Gasteiger partial charge in [0.15, 0.2) is 0 Å². The highest BCUT2D eigenvalue weighted by molar-refractivity contribution is 6.09. The Hall–Kier alpha value is -5.60. The summed E-state index contributed by atoms with van der Waals surface area (Å²) in [5.41, 5.74) is 11.5. The van der Waals surface area contributed by atoms with Gasteiger partial charge in [-0.1, -0.05) is 110 Å². The summed E-state index contributed by atoms with van der Waals surface area (Å²) in [5.74, 6) is 3.74. The fourth-order valence-electron chi connectivity index (χ4n) is 11.1. The first kappa shape index (κ1) is 31.0. The van der Waals surface area contributed by atoms with Gasteiger partial charge in [0, 0.05) is 33.5 Å². The molecule has 3 aliphatic carbocycles. The fourth-order valence-corrected chi connectivity index (χ4v) is 11.1. The summed E-state index contributed by atoms with van der Waals surface area (Å²) in [4.78, 5) is 2.44. The Balaban J connectivity index is 0.969. The Morgan fingerprint density at radius 1 is 0.509 bits per heavy atom. The topological polar surface area (TPSA) is 8.17 Å². The lowest BCUT2D eigenvalue weighted by molar-refractivity contribution is 0.0780. The van der Waals surface area contributed by atoms with Gasteiger partial charge in [0.2, 0.25) is 0 Å². The average Bonchev–Trinajstić information content (AvgIpc) is 3.65.